The standard InChI is InChI=1S/C24H21ClN2O4S/c1-2-30-23-14-21(16-3-5-17(6-4-16)24(28)29)26-27(23)10-11-31-22-8-7-18(13-20(22)25)19-9-12-32-15-19/h3-9,12-15H,2,10-11H2,1H3,(H,28,29). The summed E-state index contributed by atoms with van der Waals surface area (Å²) in [6.07, 6.45) is 0. The van der Waals surface area contributed by atoms with Crippen LogP contribution >= 0.6 is 22.9 Å². The second-order valence-electron chi connectivity index (χ2n) is 6.91. The van der Waals surface area contributed by atoms with Gasteiger partial charge in [0.25, 0.3) is 0 Å². The molecule has 0 fully saturated rings. The van der Waals surface area contributed by atoms with E-state index in [0.29, 0.717) is 42.1 Å². The van der Waals surface area contributed by atoms with E-state index in [-0.39, 0.29) is 5.56 Å². The highest BCUT2D eigenvalue weighted by Crippen LogP contribution is 2.31. The van der Waals surface area contributed by atoms with Gasteiger partial charge < -0.3 is 14.6 Å². The number of hydrogen-bond donors (Lipinski definition) is 1. The molecule has 0 aliphatic carbocycles. The molecule has 0 aliphatic rings. The molecule has 0 saturated heterocycles. The Morgan fingerprint density at radius 1 is 1.06 bits per heavy atom. The summed E-state index contributed by atoms with van der Waals surface area (Å²) >= 11 is 8.06. The zero-order chi connectivity index (χ0) is 22.5. The number of thiophene rings is 1. The Labute approximate surface area is 194 Å². The van der Waals surface area contributed by atoms with Gasteiger partial charge in [0, 0.05) is 11.6 Å². The third kappa shape index (κ3) is 4.95. The first-order chi connectivity index (χ1) is 15.5. The topological polar surface area (TPSA) is 73.6 Å². The number of halogens is 1. The molecule has 8 heteroatoms. The number of carbonyl (C=O) groups is 1. The SMILES string of the molecule is CCOc1cc(-c2ccc(C(=O)O)cc2)nn1CCOc1ccc(-c2ccsc2)cc1Cl. The molecule has 4 aromatic rings. The quantitative estimate of drug-likeness (QED) is 0.321. The lowest BCUT2D eigenvalue weighted by molar-refractivity contribution is 0.0697. The Morgan fingerprint density at radius 3 is 2.50 bits per heavy atom. The van der Waals surface area contributed by atoms with Crippen LogP contribution in [-0.4, -0.2) is 34.1 Å². The summed E-state index contributed by atoms with van der Waals surface area (Å²) in [5.41, 5.74) is 3.91. The molecule has 0 atom stereocenters. The summed E-state index contributed by atoms with van der Waals surface area (Å²) in [4.78, 5) is 11.1. The lowest BCUT2D eigenvalue weighted by Crippen LogP contribution is -2.11. The largest absolute Gasteiger partial charge is 0.490 e. The van der Waals surface area contributed by atoms with Crippen LogP contribution in [0.25, 0.3) is 22.4 Å². The van der Waals surface area contributed by atoms with Crippen LogP contribution in [-0.2, 0) is 6.54 Å². The van der Waals surface area contributed by atoms with E-state index in [9.17, 15) is 4.79 Å². The van der Waals surface area contributed by atoms with E-state index in [2.05, 4.69) is 16.5 Å². The summed E-state index contributed by atoms with van der Waals surface area (Å²) in [5.74, 6) is 0.267. The fourth-order valence-corrected chi connectivity index (χ4v) is 4.12. The van der Waals surface area contributed by atoms with Crippen LogP contribution < -0.4 is 9.47 Å². The van der Waals surface area contributed by atoms with Crippen LogP contribution in [0.3, 0.4) is 0 Å². The van der Waals surface area contributed by atoms with E-state index in [4.69, 9.17) is 26.2 Å². The minimum Gasteiger partial charge on any atom is -0.490 e. The number of aromatic carboxylic acids is 1. The van der Waals surface area contributed by atoms with Crippen molar-refractivity contribution in [1.29, 1.82) is 0 Å². The van der Waals surface area contributed by atoms with Crippen molar-refractivity contribution >= 4 is 28.9 Å². The molecule has 2 aromatic carbocycles. The van der Waals surface area contributed by atoms with Crippen molar-refractivity contribution in [3.63, 3.8) is 0 Å². The lowest BCUT2D eigenvalue weighted by atomic mass is 10.1. The smallest absolute Gasteiger partial charge is 0.335 e. The molecule has 0 amide bonds. The van der Waals surface area contributed by atoms with Crippen molar-refractivity contribution in [3.05, 3.63) is 75.9 Å². The molecule has 0 spiro atoms. The number of benzene rings is 2. The van der Waals surface area contributed by atoms with Crippen molar-refractivity contribution in [2.75, 3.05) is 13.2 Å². The number of ether oxygens (including phenoxy) is 2. The summed E-state index contributed by atoms with van der Waals surface area (Å²) in [6.45, 7) is 3.23. The Hall–Kier alpha value is -3.29. The van der Waals surface area contributed by atoms with Gasteiger partial charge in [-0.25, -0.2) is 9.48 Å². The fourth-order valence-electron chi connectivity index (χ4n) is 3.22. The minimum absolute atomic E-state index is 0.230. The highest BCUT2D eigenvalue weighted by Gasteiger charge is 2.12. The molecule has 1 N–H and O–H groups in total. The van der Waals surface area contributed by atoms with Crippen molar-refractivity contribution < 1.29 is 19.4 Å². The molecular weight excluding hydrogens is 448 g/mol. The lowest BCUT2D eigenvalue weighted by Gasteiger charge is -2.11. The average molecular weight is 469 g/mol. The normalized spacial score (nSPS) is 10.8. The van der Waals surface area contributed by atoms with Gasteiger partial charge in [-0.3, -0.25) is 0 Å². The first-order valence-corrected chi connectivity index (χ1v) is 11.4. The van der Waals surface area contributed by atoms with Crippen molar-refractivity contribution in [3.8, 4) is 34.0 Å². The van der Waals surface area contributed by atoms with Crippen LogP contribution in [0.15, 0.2) is 65.4 Å². The van der Waals surface area contributed by atoms with Crippen LogP contribution in [0.1, 0.15) is 17.3 Å². The predicted molar refractivity (Wildman–Crippen MR) is 126 cm³/mol. The Morgan fingerprint density at radius 2 is 1.84 bits per heavy atom. The van der Waals surface area contributed by atoms with E-state index in [1.807, 2.05) is 36.6 Å². The molecule has 0 radical (unpaired) electrons. The molecule has 4 rings (SSSR count). The highest BCUT2D eigenvalue weighted by molar-refractivity contribution is 7.08. The molecule has 0 unspecified atom stereocenters. The number of rotatable bonds is 9. The molecule has 0 aliphatic heterocycles. The molecule has 0 saturated carbocycles. The van der Waals surface area contributed by atoms with E-state index < -0.39 is 5.97 Å². The average Bonchev–Trinajstić information content (AvgIpc) is 3.46. The van der Waals surface area contributed by atoms with Crippen molar-refractivity contribution in [2.24, 2.45) is 0 Å². The van der Waals surface area contributed by atoms with E-state index in [0.717, 1.165) is 16.7 Å². The summed E-state index contributed by atoms with van der Waals surface area (Å²) in [6, 6.07) is 16.2. The minimum atomic E-state index is -0.962. The van der Waals surface area contributed by atoms with Crippen molar-refractivity contribution in [2.45, 2.75) is 13.5 Å². The van der Waals surface area contributed by atoms with Gasteiger partial charge in [0.05, 0.1) is 29.4 Å². The monoisotopic (exact) mass is 468 g/mol. The van der Waals surface area contributed by atoms with E-state index >= 15 is 0 Å². The number of aromatic nitrogens is 2. The summed E-state index contributed by atoms with van der Waals surface area (Å²) in [7, 11) is 0. The zero-order valence-corrected chi connectivity index (χ0v) is 18.9. The van der Waals surface area contributed by atoms with Crippen LogP contribution in [0.5, 0.6) is 11.6 Å². The first kappa shape index (κ1) is 21.9. The van der Waals surface area contributed by atoms with Crippen molar-refractivity contribution in [1.82, 2.24) is 9.78 Å². The second kappa shape index (κ2) is 9.89. The number of carboxylic acid groups (broad SMARTS) is 1. The van der Waals surface area contributed by atoms with Gasteiger partial charge in [0.15, 0.2) is 0 Å². The van der Waals surface area contributed by atoms with Crippen LogP contribution in [0.4, 0.5) is 0 Å². The molecular formula is C24H21ClN2O4S. The molecule has 6 nitrogen and oxygen atoms in total. The fraction of sp³-hybridized carbons (Fsp3) is 0.167. The molecule has 164 valence electrons. The maximum atomic E-state index is 11.1. The third-order valence-electron chi connectivity index (χ3n) is 4.81. The van der Waals surface area contributed by atoms with Gasteiger partial charge >= 0.3 is 5.97 Å². The van der Waals surface area contributed by atoms with E-state index in [1.165, 1.54) is 0 Å². The first-order valence-electron chi connectivity index (χ1n) is 10.0. The molecule has 2 heterocycles. The Bertz CT molecular complexity index is 1200. The van der Waals surface area contributed by atoms with E-state index in [1.54, 1.807) is 40.3 Å². The van der Waals surface area contributed by atoms with Gasteiger partial charge in [-0.15, -0.1) is 0 Å². The van der Waals surface area contributed by atoms with Gasteiger partial charge in [0.2, 0.25) is 5.88 Å². The third-order valence-corrected chi connectivity index (χ3v) is 5.79. The summed E-state index contributed by atoms with van der Waals surface area (Å²) in [5, 5.41) is 18.3. The number of hydrogen-bond acceptors (Lipinski definition) is 5. The Kier molecular flexibility index (Phi) is 6.78. The molecule has 32 heavy (non-hydrogen) atoms. The van der Waals surface area contributed by atoms with Crippen LogP contribution in [0, 0.1) is 0 Å². The highest BCUT2D eigenvalue weighted by atomic mass is 35.5. The van der Waals surface area contributed by atoms with Crippen LogP contribution in [0.2, 0.25) is 5.02 Å². The second-order valence-corrected chi connectivity index (χ2v) is 8.10. The van der Waals surface area contributed by atoms with Gasteiger partial charge in [0.1, 0.15) is 12.4 Å². The number of nitrogens with zero attached hydrogens (tertiary/aromatic N) is 2. The zero-order valence-electron chi connectivity index (χ0n) is 17.3. The number of carboxylic acids is 1. The molecule has 0 bridgehead atoms. The maximum absolute atomic E-state index is 11.1. The predicted octanol–water partition coefficient (Wildman–Crippen LogP) is 6.11. The van der Waals surface area contributed by atoms with Gasteiger partial charge in [-0.2, -0.15) is 16.4 Å². The molecule has 2 aromatic heterocycles. The van der Waals surface area contributed by atoms with Gasteiger partial charge in [-0.05, 0) is 59.1 Å². The van der Waals surface area contributed by atoms with Gasteiger partial charge in [-0.1, -0.05) is 29.8 Å². The maximum Gasteiger partial charge on any atom is 0.335 e. The Balaban J connectivity index is 1.45. The summed E-state index contributed by atoms with van der Waals surface area (Å²) < 4.78 is 13.3.